The predicted molar refractivity (Wildman–Crippen MR) is 82.1 cm³/mol. The maximum Gasteiger partial charge on any atom is 0.241 e. The highest BCUT2D eigenvalue weighted by Crippen LogP contribution is 2.30. The van der Waals surface area contributed by atoms with E-state index in [2.05, 4.69) is 19.2 Å². The Bertz CT molecular complexity index is 503. The van der Waals surface area contributed by atoms with E-state index < -0.39 is 0 Å². The van der Waals surface area contributed by atoms with Gasteiger partial charge < -0.3 is 4.90 Å². The summed E-state index contributed by atoms with van der Waals surface area (Å²) in [6, 6.07) is 6.51. The van der Waals surface area contributed by atoms with Gasteiger partial charge in [-0.3, -0.25) is 10.1 Å². The molecule has 0 aromatic heterocycles. The van der Waals surface area contributed by atoms with Crippen LogP contribution in [0.2, 0.25) is 0 Å². The van der Waals surface area contributed by atoms with Gasteiger partial charge in [0.15, 0.2) is 0 Å². The molecule has 0 radical (unpaired) electrons. The van der Waals surface area contributed by atoms with E-state index in [1.165, 1.54) is 6.07 Å². The van der Waals surface area contributed by atoms with Crippen molar-refractivity contribution >= 4 is 5.91 Å². The largest absolute Gasteiger partial charge is 0.319 e. The van der Waals surface area contributed by atoms with Crippen molar-refractivity contribution < 1.29 is 9.18 Å². The number of hydrogen-bond acceptors (Lipinski definition) is 2. The van der Waals surface area contributed by atoms with Crippen molar-refractivity contribution in [2.45, 2.75) is 58.8 Å². The first kappa shape index (κ1) is 16.0. The van der Waals surface area contributed by atoms with E-state index in [1.54, 1.807) is 12.1 Å². The molecule has 1 aromatic rings. The molecule has 3 nitrogen and oxygen atoms in total. The molecule has 1 amide bonds. The van der Waals surface area contributed by atoms with Gasteiger partial charge in [0.2, 0.25) is 5.91 Å². The lowest BCUT2D eigenvalue weighted by atomic mass is 10.0. The number of amides is 1. The lowest BCUT2D eigenvalue weighted by Crippen LogP contribution is -2.38. The highest BCUT2D eigenvalue weighted by atomic mass is 19.1. The molecule has 1 aliphatic rings. The summed E-state index contributed by atoms with van der Waals surface area (Å²) in [5.74, 6) is 0.389. The minimum atomic E-state index is -0.365. The van der Waals surface area contributed by atoms with E-state index in [-0.39, 0.29) is 30.0 Å². The van der Waals surface area contributed by atoms with E-state index >= 15 is 0 Å². The summed E-state index contributed by atoms with van der Waals surface area (Å²) in [5, 5.41) is 3.22. The number of carbonyl (C=O) groups excluding carboxylic acids is 1. The molecule has 0 bridgehead atoms. The van der Waals surface area contributed by atoms with Gasteiger partial charge in [0.25, 0.3) is 0 Å². The van der Waals surface area contributed by atoms with Crippen LogP contribution in [0, 0.1) is 11.7 Å². The first-order valence-electron chi connectivity index (χ1n) is 7.74. The van der Waals surface area contributed by atoms with Crippen molar-refractivity contribution in [3.63, 3.8) is 0 Å². The molecule has 1 N–H and O–H groups in total. The van der Waals surface area contributed by atoms with Gasteiger partial charge in [-0.2, -0.15) is 0 Å². The molecule has 21 heavy (non-hydrogen) atoms. The Morgan fingerprint density at radius 1 is 1.24 bits per heavy atom. The molecular weight excluding hydrogens is 267 g/mol. The molecule has 4 heteroatoms. The fourth-order valence-electron chi connectivity index (χ4n) is 2.86. The molecule has 0 aliphatic carbocycles. The highest BCUT2D eigenvalue weighted by Gasteiger charge is 2.40. The molecule has 3 atom stereocenters. The first-order chi connectivity index (χ1) is 9.91. The smallest absolute Gasteiger partial charge is 0.241 e. The van der Waals surface area contributed by atoms with Crippen LogP contribution in [0.15, 0.2) is 24.3 Å². The summed E-state index contributed by atoms with van der Waals surface area (Å²) in [5.41, 5.74) is 0.548. The number of nitrogens with one attached hydrogen (secondary N) is 1. The Hall–Kier alpha value is -1.42. The van der Waals surface area contributed by atoms with Crippen LogP contribution < -0.4 is 5.32 Å². The summed E-state index contributed by atoms with van der Waals surface area (Å²) in [6.07, 6.45) is 1.63. The van der Waals surface area contributed by atoms with Crippen LogP contribution in [0.4, 0.5) is 4.39 Å². The van der Waals surface area contributed by atoms with Crippen LogP contribution in [-0.2, 0) is 4.79 Å². The van der Waals surface area contributed by atoms with Gasteiger partial charge in [0, 0.05) is 11.6 Å². The minimum Gasteiger partial charge on any atom is -0.319 e. The van der Waals surface area contributed by atoms with Crippen LogP contribution in [0.1, 0.15) is 52.3 Å². The number of halogens is 1. The Labute approximate surface area is 126 Å². The Morgan fingerprint density at radius 2 is 1.90 bits per heavy atom. The second-order valence-electron chi connectivity index (χ2n) is 6.38. The van der Waals surface area contributed by atoms with Crippen LogP contribution in [0.25, 0.3) is 0 Å². The molecular formula is C17H25FN2O. The van der Waals surface area contributed by atoms with Crippen molar-refractivity contribution in [2.75, 3.05) is 0 Å². The molecule has 1 saturated heterocycles. The van der Waals surface area contributed by atoms with Crippen molar-refractivity contribution in [3.8, 4) is 0 Å². The van der Waals surface area contributed by atoms with Crippen molar-refractivity contribution in [2.24, 2.45) is 5.92 Å². The van der Waals surface area contributed by atoms with Crippen LogP contribution in [-0.4, -0.2) is 22.9 Å². The van der Waals surface area contributed by atoms with Gasteiger partial charge in [0.05, 0.1) is 6.04 Å². The SMILES string of the molecule is CC(C)CCC(C)N1C(=O)C(C)NC1c1ccccc1F. The Morgan fingerprint density at radius 3 is 2.52 bits per heavy atom. The Kier molecular flexibility index (Phi) is 4.99. The van der Waals surface area contributed by atoms with Crippen LogP contribution in [0.5, 0.6) is 0 Å². The average molecular weight is 292 g/mol. The molecule has 0 spiro atoms. The summed E-state index contributed by atoms with van der Waals surface area (Å²) >= 11 is 0. The molecule has 116 valence electrons. The zero-order valence-electron chi connectivity index (χ0n) is 13.3. The summed E-state index contributed by atoms with van der Waals surface area (Å²) in [4.78, 5) is 14.2. The lowest BCUT2D eigenvalue weighted by molar-refractivity contribution is -0.132. The van der Waals surface area contributed by atoms with Gasteiger partial charge >= 0.3 is 0 Å². The first-order valence-corrected chi connectivity index (χ1v) is 7.74. The molecule has 0 saturated carbocycles. The van der Waals surface area contributed by atoms with Crippen LogP contribution >= 0.6 is 0 Å². The second kappa shape index (κ2) is 6.56. The molecule has 3 unspecified atom stereocenters. The number of carbonyl (C=O) groups is 1. The fraction of sp³-hybridized carbons (Fsp3) is 0.588. The third-order valence-corrected chi connectivity index (χ3v) is 4.15. The lowest BCUT2D eigenvalue weighted by Gasteiger charge is -2.31. The monoisotopic (exact) mass is 292 g/mol. The number of rotatable bonds is 5. The van der Waals surface area contributed by atoms with Crippen molar-refractivity contribution in [1.29, 1.82) is 0 Å². The fourth-order valence-corrected chi connectivity index (χ4v) is 2.86. The third-order valence-electron chi connectivity index (χ3n) is 4.15. The molecule has 1 fully saturated rings. The van der Waals surface area contributed by atoms with Crippen LogP contribution in [0.3, 0.4) is 0 Å². The molecule has 1 aromatic carbocycles. The highest BCUT2D eigenvalue weighted by molar-refractivity contribution is 5.84. The Balaban J connectivity index is 2.23. The van der Waals surface area contributed by atoms with E-state index in [9.17, 15) is 9.18 Å². The van der Waals surface area contributed by atoms with Gasteiger partial charge in [-0.1, -0.05) is 32.0 Å². The predicted octanol–water partition coefficient (Wildman–Crippen LogP) is 3.47. The maximum atomic E-state index is 14.1. The molecule has 1 heterocycles. The standard InChI is InChI=1S/C17H25FN2O/c1-11(2)9-10-12(3)20-16(19-13(4)17(20)21)14-7-5-6-8-15(14)18/h5-8,11-13,16,19H,9-10H2,1-4H3. The van der Waals surface area contributed by atoms with Gasteiger partial charge in [-0.25, -0.2) is 4.39 Å². The maximum absolute atomic E-state index is 14.1. The number of benzene rings is 1. The number of nitrogens with zero attached hydrogens (tertiary/aromatic N) is 1. The summed E-state index contributed by atoms with van der Waals surface area (Å²) < 4.78 is 14.1. The zero-order chi connectivity index (χ0) is 15.6. The van der Waals surface area contributed by atoms with Crippen molar-refractivity contribution in [1.82, 2.24) is 10.2 Å². The zero-order valence-corrected chi connectivity index (χ0v) is 13.3. The summed E-state index contributed by atoms with van der Waals surface area (Å²) in [7, 11) is 0. The molecule has 1 aliphatic heterocycles. The topological polar surface area (TPSA) is 32.3 Å². The van der Waals surface area contributed by atoms with Gasteiger partial charge in [0.1, 0.15) is 12.0 Å². The second-order valence-corrected chi connectivity index (χ2v) is 6.38. The van der Waals surface area contributed by atoms with Gasteiger partial charge in [-0.15, -0.1) is 0 Å². The van der Waals surface area contributed by atoms with Gasteiger partial charge in [-0.05, 0) is 38.7 Å². The van der Waals surface area contributed by atoms with E-state index in [0.717, 1.165) is 12.8 Å². The molecule has 2 rings (SSSR count). The van der Waals surface area contributed by atoms with E-state index in [1.807, 2.05) is 24.8 Å². The van der Waals surface area contributed by atoms with E-state index in [4.69, 9.17) is 0 Å². The number of hydrogen-bond donors (Lipinski definition) is 1. The summed E-state index contributed by atoms with van der Waals surface area (Å²) in [6.45, 7) is 8.24. The van der Waals surface area contributed by atoms with Crippen molar-refractivity contribution in [3.05, 3.63) is 35.6 Å². The third kappa shape index (κ3) is 3.43. The normalized spacial score (nSPS) is 23.9. The van der Waals surface area contributed by atoms with E-state index in [0.29, 0.717) is 11.5 Å². The quantitative estimate of drug-likeness (QED) is 0.901. The average Bonchev–Trinajstić information content (AvgIpc) is 2.73. The minimum absolute atomic E-state index is 0.0551.